The van der Waals surface area contributed by atoms with E-state index in [4.69, 9.17) is 11.6 Å². The molecule has 0 aromatic heterocycles. The molecule has 1 aromatic carbocycles. The van der Waals surface area contributed by atoms with Crippen LogP contribution in [0.15, 0.2) is 18.2 Å². The number of carbonyl (C=O) groups is 2. The summed E-state index contributed by atoms with van der Waals surface area (Å²) < 4.78 is 13.3. The van der Waals surface area contributed by atoms with Crippen molar-refractivity contribution >= 4 is 23.4 Å². The fraction of sp³-hybridized carbons (Fsp3) is 0.500. The molecule has 0 saturated carbocycles. The van der Waals surface area contributed by atoms with Crippen molar-refractivity contribution in [1.29, 1.82) is 0 Å². The molecule has 1 unspecified atom stereocenters. The summed E-state index contributed by atoms with van der Waals surface area (Å²) in [6.45, 7) is 3.79. The van der Waals surface area contributed by atoms with Gasteiger partial charge in [-0.15, -0.1) is 0 Å². The van der Waals surface area contributed by atoms with Crippen molar-refractivity contribution in [2.45, 2.75) is 32.8 Å². The van der Waals surface area contributed by atoms with Crippen molar-refractivity contribution in [2.24, 2.45) is 5.92 Å². The third kappa shape index (κ3) is 7.43. The maximum absolute atomic E-state index is 13.3. The predicted octanol–water partition coefficient (Wildman–Crippen LogP) is 2.18. The molecule has 0 bridgehead atoms. The van der Waals surface area contributed by atoms with Crippen molar-refractivity contribution < 1.29 is 19.1 Å². The van der Waals surface area contributed by atoms with Crippen LogP contribution in [0.5, 0.6) is 0 Å². The molecule has 0 radical (unpaired) electrons. The third-order valence-electron chi connectivity index (χ3n) is 3.22. The van der Waals surface area contributed by atoms with Gasteiger partial charge in [0.15, 0.2) is 0 Å². The summed E-state index contributed by atoms with van der Waals surface area (Å²) in [4.78, 5) is 23.1. The number of hydrogen-bond donors (Lipinski definition) is 3. The molecule has 0 aliphatic rings. The highest BCUT2D eigenvalue weighted by atomic mass is 35.5. The summed E-state index contributed by atoms with van der Waals surface area (Å²) in [7, 11) is 0. The van der Waals surface area contributed by atoms with E-state index < -0.39 is 17.8 Å². The number of benzene rings is 1. The van der Waals surface area contributed by atoms with Crippen LogP contribution in [-0.2, 0) is 9.59 Å². The zero-order valence-corrected chi connectivity index (χ0v) is 14.0. The first-order valence-electron chi connectivity index (χ1n) is 7.46. The maximum atomic E-state index is 13.3. The molecule has 1 atom stereocenters. The van der Waals surface area contributed by atoms with Gasteiger partial charge in [-0.05, 0) is 30.0 Å². The molecular weight excluding hydrogens is 323 g/mol. The first-order chi connectivity index (χ1) is 10.8. The summed E-state index contributed by atoms with van der Waals surface area (Å²) in [6.07, 6.45) is 0.0775. The average molecular weight is 345 g/mol. The van der Waals surface area contributed by atoms with Crippen LogP contribution in [0.2, 0.25) is 5.02 Å². The first-order valence-corrected chi connectivity index (χ1v) is 7.83. The zero-order chi connectivity index (χ0) is 17.4. The lowest BCUT2D eigenvalue weighted by atomic mass is 10.1. The number of halogens is 2. The molecule has 0 aliphatic heterocycles. The van der Waals surface area contributed by atoms with E-state index in [1.165, 1.54) is 12.1 Å². The molecule has 1 rings (SSSR count). The summed E-state index contributed by atoms with van der Waals surface area (Å²) >= 11 is 5.56. The molecule has 3 N–H and O–H groups in total. The lowest BCUT2D eigenvalue weighted by molar-refractivity contribution is -0.126. The van der Waals surface area contributed by atoms with E-state index in [1.807, 2.05) is 13.8 Å². The number of rotatable bonds is 8. The standard InChI is InChI=1S/C16H22ClFN2O3/c1-10(2)3-6-15(22)20-9-16(23)19-8-14(21)11-4-5-12(17)13(18)7-11/h4-5,7,10,14,21H,3,6,8-9H2,1-2H3,(H,19,23)(H,20,22). The van der Waals surface area contributed by atoms with Crippen LogP contribution in [-0.4, -0.2) is 30.0 Å². The molecular formula is C16H22ClFN2O3. The molecule has 1 aromatic rings. The monoisotopic (exact) mass is 344 g/mol. The van der Waals surface area contributed by atoms with E-state index in [0.717, 1.165) is 12.5 Å². The SMILES string of the molecule is CC(C)CCC(=O)NCC(=O)NCC(O)c1ccc(Cl)c(F)c1. The minimum Gasteiger partial charge on any atom is -0.387 e. The molecule has 0 saturated heterocycles. The fourth-order valence-electron chi connectivity index (χ4n) is 1.80. The highest BCUT2D eigenvalue weighted by molar-refractivity contribution is 6.30. The molecule has 0 heterocycles. The summed E-state index contributed by atoms with van der Waals surface area (Å²) in [6, 6.07) is 3.94. The van der Waals surface area contributed by atoms with Crippen molar-refractivity contribution in [3.63, 3.8) is 0 Å². The van der Waals surface area contributed by atoms with E-state index in [1.54, 1.807) is 0 Å². The molecule has 0 spiro atoms. The predicted molar refractivity (Wildman–Crippen MR) is 86.5 cm³/mol. The Kier molecular flexibility index (Phi) is 7.98. The van der Waals surface area contributed by atoms with Gasteiger partial charge in [0, 0.05) is 13.0 Å². The lowest BCUT2D eigenvalue weighted by Crippen LogP contribution is -2.38. The largest absolute Gasteiger partial charge is 0.387 e. The number of aliphatic hydroxyl groups is 1. The quantitative estimate of drug-likeness (QED) is 0.676. The number of hydrogen-bond acceptors (Lipinski definition) is 3. The summed E-state index contributed by atoms with van der Waals surface area (Å²) in [5.74, 6) is -0.818. The van der Waals surface area contributed by atoms with Gasteiger partial charge in [-0.1, -0.05) is 31.5 Å². The van der Waals surface area contributed by atoms with Crippen LogP contribution in [0.1, 0.15) is 38.4 Å². The van der Waals surface area contributed by atoms with Crippen LogP contribution >= 0.6 is 11.6 Å². The second kappa shape index (κ2) is 9.47. The van der Waals surface area contributed by atoms with Crippen molar-refractivity contribution in [3.8, 4) is 0 Å². The van der Waals surface area contributed by atoms with Crippen molar-refractivity contribution in [3.05, 3.63) is 34.6 Å². The average Bonchev–Trinajstić information content (AvgIpc) is 2.51. The van der Waals surface area contributed by atoms with E-state index in [0.29, 0.717) is 17.9 Å². The Morgan fingerprint density at radius 2 is 1.96 bits per heavy atom. The van der Waals surface area contributed by atoms with Crippen LogP contribution in [0.25, 0.3) is 0 Å². The number of carbonyl (C=O) groups excluding carboxylic acids is 2. The van der Waals surface area contributed by atoms with Gasteiger partial charge in [-0.25, -0.2) is 4.39 Å². The highest BCUT2D eigenvalue weighted by Crippen LogP contribution is 2.19. The van der Waals surface area contributed by atoms with Crippen LogP contribution in [0.4, 0.5) is 4.39 Å². The highest BCUT2D eigenvalue weighted by Gasteiger charge is 2.12. The van der Waals surface area contributed by atoms with Gasteiger partial charge >= 0.3 is 0 Å². The second-order valence-corrected chi connectivity index (χ2v) is 6.11. The first kappa shape index (κ1) is 19.4. The Morgan fingerprint density at radius 1 is 1.26 bits per heavy atom. The molecule has 23 heavy (non-hydrogen) atoms. The van der Waals surface area contributed by atoms with Gasteiger partial charge in [0.1, 0.15) is 5.82 Å². The second-order valence-electron chi connectivity index (χ2n) is 5.70. The normalized spacial score (nSPS) is 12.1. The molecule has 0 aliphatic carbocycles. The number of aliphatic hydroxyl groups excluding tert-OH is 1. The fourth-order valence-corrected chi connectivity index (χ4v) is 1.92. The molecule has 5 nitrogen and oxygen atoms in total. The van der Waals surface area contributed by atoms with Crippen LogP contribution < -0.4 is 10.6 Å². The molecule has 7 heteroatoms. The topological polar surface area (TPSA) is 78.4 Å². The Hall–Kier alpha value is -1.66. The molecule has 128 valence electrons. The van der Waals surface area contributed by atoms with E-state index >= 15 is 0 Å². The molecule has 0 fully saturated rings. The van der Waals surface area contributed by atoms with Crippen molar-refractivity contribution in [2.75, 3.05) is 13.1 Å². The minimum atomic E-state index is -1.05. The lowest BCUT2D eigenvalue weighted by Gasteiger charge is -2.13. The third-order valence-corrected chi connectivity index (χ3v) is 3.52. The van der Waals surface area contributed by atoms with Crippen LogP contribution in [0.3, 0.4) is 0 Å². The van der Waals surface area contributed by atoms with Gasteiger partial charge in [0.05, 0.1) is 17.7 Å². The number of amides is 2. The van der Waals surface area contributed by atoms with E-state index in [-0.39, 0.29) is 24.0 Å². The maximum Gasteiger partial charge on any atom is 0.239 e. The van der Waals surface area contributed by atoms with E-state index in [2.05, 4.69) is 10.6 Å². The Morgan fingerprint density at radius 3 is 2.57 bits per heavy atom. The van der Waals surface area contributed by atoms with Crippen molar-refractivity contribution in [1.82, 2.24) is 10.6 Å². The number of nitrogens with one attached hydrogen (secondary N) is 2. The molecule has 2 amide bonds. The van der Waals surface area contributed by atoms with E-state index in [9.17, 15) is 19.1 Å². The van der Waals surface area contributed by atoms with Gasteiger partial charge in [0.2, 0.25) is 11.8 Å². The smallest absolute Gasteiger partial charge is 0.239 e. The van der Waals surface area contributed by atoms with Gasteiger partial charge < -0.3 is 15.7 Å². The van der Waals surface area contributed by atoms with Crippen LogP contribution in [0, 0.1) is 11.7 Å². The minimum absolute atomic E-state index is 0.0332. The van der Waals surface area contributed by atoms with Gasteiger partial charge in [0.25, 0.3) is 0 Å². The Balaban J connectivity index is 2.32. The zero-order valence-electron chi connectivity index (χ0n) is 13.2. The summed E-state index contributed by atoms with van der Waals surface area (Å²) in [5.41, 5.74) is 0.313. The van der Waals surface area contributed by atoms with Gasteiger partial charge in [-0.3, -0.25) is 9.59 Å². The van der Waals surface area contributed by atoms with Gasteiger partial charge in [-0.2, -0.15) is 0 Å². The Bertz CT molecular complexity index is 552. The Labute approximate surface area is 140 Å². The summed E-state index contributed by atoms with van der Waals surface area (Å²) in [5, 5.41) is 14.8.